The Bertz CT molecular complexity index is 579. The van der Waals surface area contributed by atoms with Crippen molar-refractivity contribution in [2.75, 3.05) is 6.54 Å². The van der Waals surface area contributed by atoms with Gasteiger partial charge in [-0.3, -0.25) is 4.79 Å². The number of amides is 1. The number of aryl methyl sites for hydroxylation is 1. The van der Waals surface area contributed by atoms with Gasteiger partial charge < -0.3 is 9.42 Å². The van der Waals surface area contributed by atoms with Crippen molar-refractivity contribution in [3.05, 3.63) is 34.1 Å². The van der Waals surface area contributed by atoms with Gasteiger partial charge in [-0.1, -0.05) is 11.2 Å². The smallest absolute Gasteiger partial charge is 0.249 e. The molecule has 2 aromatic heterocycles. The van der Waals surface area contributed by atoms with Crippen molar-refractivity contribution in [2.45, 2.75) is 38.6 Å². The Morgan fingerprint density at radius 1 is 1.55 bits per heavy atom. The molecule has 0 saturated carbocycles. The molecule has 5 nitrogen and oxygen atoms in total. The van der Waals surface area contributed by atoms with Gasteiger partial charge in [0.1, 0.15) is 6.04 Å². The highest BCUT2D eigenvalue weighted by atomic mass is 32.1. The molecule has 6 heteroatoms. The highest BCUT2D eigenvalue weighted by Gasteiger charge is 2.31. The molecule has 0 N–H and O–H groups in total. The molecule has 0 spiro atoms. The lowest BCUT2D eigenvalue weighted by Crippen LogP contribution is -2.39. The molecule has 3 heterocycles. The first-order chi connectivity index (χ1) is 9.74. The van der Waals surface area contributed by atoms with Gasteiger partial charge in [0.05, 0.1) is 6.42 Å². The fraction of sp³-hybridized carbons (Fsp3) is 0.500. The first kappa shape index (κ1) is 13.3. The number of hydrogen-bond acceptors (Lipinski definition) is 5. The summed E-state index contributed by atoms with van der Waals surface area (Å²) in [7, 11) is 0. The minimum atomic E-state index is -0.0580. The van der Waals surface area contributed by atoms with E-state index in [1.807, 2.05) is 22.4 Å². The second kappa shape index (κ2) is 5.75. The highest BCUT2D eigenvalue weighted by molar-refractivity contribution is 7.10. The fourth-order valence-corrected chi connectivity index (χ4v) is 3.29. The van der Waals surface area contributed by atoms with Crippen LogP contribution in [-0.2, 0) is 11.2 Å². The van der Waals surface area contributed by atoms with Gasteiger partial charge in [0.15, 0.2) is 5.82 Å². The molecule has 0 aliphatic carbocycles. The molecule has 1 aliphatic rings. The van der Waals surface area contributed by atoms with Crippen LogP contribution >= 0.6 is 11.3 Å². The third-order valence-electron chi connectivity index (χ3n) is 3.56. The van der Waals surface area contributed by atoms with Gasteiger partial charge in [-0.25, -0.2) is 0 Å². The molecule has 0 radical (unpaired) electrons. The molecule has 106 valence electrons. The maximum Gasteiger partial charge on any atom is 0.249 e. The molecule has 0 aromatic carbocycles. The van der Waals surface area contributed by atoms with E-state index in [1.54, 1.807) is 18.3 Å². The van der Waals surface area contributed by atoms with Gasteiger partial charge in [0.2, 0.25) is 11.8 Å². The standard InChI is InChI=1S/C14H17N3O2S/c1-10-15-14(19-16-10)12-6-2-3-7-17(12)13(18)9-11-5-4-8-20-11/h4-5,8,12H,2-3,6-7,9H2,1H3/t12-/m0/s1. The Balaban J connectivity index is 1.76. The predicted octanol–water partition coefficient (Wildman–Crippen LogP) is 2.74. The third kappa shape index (κ3) is 2.75. The number of nitrogens with zero attached hydrogens (tertiary/aromatic N) is 3. The zero-order chi connectivity index (χ0) is 13.9. The summed E-state index contributed by atoms with van der Waals surface area (Å²) >= 11 is 1.62. The van der Waals surface area contributed by atoms with Crippen LogP contribution < -0.4 is 0 Å². The van der Waals surface area contributed by atoms with Gasteiger partial charge in [-0.05, 0) is 37.6 Å². The largest absolute Gasteiger partial charge is 0.337 e. The number of carbonyl (C=O) groups excluding carboxylic acids is 1. The number of likely N-dealkylation sites (tertiary alicyclic amines) is 1. The van der Waals surface area contributed by atoms with Crippen LogP contribution in [0.3, 0.4) is 0 Å². The van der Waals surface area contributed by atoms with Crippen LogP contribution in [0.25, 0.3) is 0 Å². The number of rotatable bonds is 3. The number of thiophene rings is 1. The van der Waals surface area contributed by atoms with Crippen LogP contribution in [0.5, 0.6) is 0 Å². The van der Waals surface area contributed by atoms with E-state index in [0.717, 1.165) is 30.7 Å². The van der Waals surface area contributed by atoms with Gasteiger partial charge in [-0.15, -0.1) is 11.3 Å². The first-order valence-electron chi connectivity index (χ1n) is 6.86. The van der Waals surface area contributed by atoms with E-state index in [2.05, 4.69) is 10.1 Å². The van der Waals surface area contributed by atoms with Crippen molar-refractivity contribution in [1.29, 1.82) is 0 Å². The molecule has 1 atom stereocenters. The van der Waals surface area contributed by atoms with Gasteiger partial charge in [0, 0.05) is 11.4 Å². The van der Waals surface area contributed by atoms with E-state index in [1.165, 1.54) is 0 Å². The summed E-state index contributed by atoms with van der Waals surface area (Å²) in [6.45, 7) is 2.57. The lowest BCUT2D eigenvalue weighted by atomic mass is 10.0. The average molecular weight is 291 g/mol. The lowest BCUT2D eigenvalue weighted by Gasteiger charge is -2.33. The van der Waals surface area contributed by atoms with Crippen molar-refractivity contribution >= 4 is 17.2 Å². The molecule has 20 heavy (non-hydrogen) atoms. The average Bonchev–Trinajstić information content (AvgIpc) is 3.10. The molecule has 1 aliphatic heterocycles. The molecule has 0 unspecified atom stereocenters. The van der Waals surface area contributed by atoms with Crippen LogP contribution in [0, 0.1) is 6.92 Å². The van der Waals surface area contributed by atoms with Crippen LogP contribution in [0.2, 0.25) is 0 Å². The Labute approximate surface area is 121 Å². The minimum Gasteiger partial charge on any atom is -0.337 e. The Kier molecular flexibility index (Phi) is 3.82. The highest BCUT2D eigenvalue weighted by Crippen LogP contribution is 2.30. The van der Waals surface area contributed by atoms with E-state index in [0.29, 0.717) is 18.1 Å². The normalized spacial score (nSPS) is 19.2. The maximum absolute atomic E-state index is 12.5. The number of aromatic nitrogens is 2. The summed E-state index contributed by atoms with van der Waals surface area (Å²) in [5.74, 6) is 1.34. The molecule has 1 amide bonds. The zero-order valence-electron chi connectivity index (χ0n) is 11.4. The van der Waals surface area contributed by atoms with Crippen molar-refractivity contribution < 1.29 is 9.32 Å². The number of hydrogen-bond donors (Lipinski definition) is 0. The fourth-order valence-electron chi connectivity index (χ4n) is 2.60. The molecular weight excluding hydrogens is 274 g/mol. The molecule has 3 rings (SSSR count). The van der Waals surface area contributed by atoms with Gasteiger partial charge in [0.25, 0.3) is 0 Å². The van der Waals surface area contributed by atoms with E-state index in [4.69, 9.17) is 4.52 Å². The second-order valence-electron chi connectivity index (χ2n) is 5.03. The van der Waals surface area contributed by atoms with Gasteiger partial charge in [-0.2, -0.15) is 4.98 Å². The topological polar surface area (TPSA) is 59.2 Å². The monoisotopic (exact) mass is 291 g/mol. The molecular formula is C14H17N3O2S. The van der Waals surface area contributed by atoms with E-state index in [9.17, 15) is 4.79 Å². The number of carbonyl (C=O) groups is 1. The summed E-state index contributed by atoms with van der Waals surface area (Å²) in [6, 6.07) is 3.91. The minimum absolute atomic E-state index is 0.0580. The molecule has 2 aromatic rings. The van der Waals surface area contributed by atoms with E-state index < -0.39 is 0 Å². The summed E-state index contributed by atoms with van der Waals surface area (Å²) in [4.78, 5) is 19.8. The Morgan fingerprint density at radius 2 is 2.45 bits per heavy atom. The lowest BCUT2D eigenvalue weighted by molar-refractivity contribution is -0.134. The van der Waals surface area contributed by atoms with Crippen LogP contribution in [0.15, 0.2) is 22.0 Å². The summed E-state index contributed by atoms with van der Waals surface area (Å²) < 4.78 is 5.27. The SMILES string of the molecule is Cc1noc([C@@H]2CCCCN2C(=O)Cc2cccs2)n1. The van der Waals surface area contributed by atoms with E-state index in [-0.39, 0.29) is 11.9 Å². The van der Waals surface area contributed by atoms with Crippen molar-refractivity contribution in [3.8, 4) is 0 Å². The van der Waals surface area contributed by atoms with Crippen LogP contribution in [-0.4, -0.2) is 27.5 Å². The summed E-state index contributed by atoms with van der Waals surface area (Å²) in [6.07, 6.45) is 3.49. The van der Waals surface area contributed by atoms with Crippen LogP contribution in [0.1, 0.15) is 41.9 Å². The number of piperidine rings is 1. The summed E-state index contributed by atoms with van der Waals surface area (Å²) in [5.41, 5.74) is 0. The van der Waals surface area contributed by atoms with Gasteiger partial charge >= 0.3 is 0 Å². The second-order valence-corrected chi connectivity index (χ2v) is 6.07. The van der Waals surface area contributed by atoms with Crippen LogP contribution in [0.4, 0.5) is 0 Å². The van der Waals surface area contributed by atoms with Crippen molar-refractivity contribution in [1.82, 2.24) is 15.0 Å². The summed E-state index contributed by atoms with van der Waals surface area (Å²) in [5, 5.41) is 5.84. The first-order valence-corrected chi connectivity index (χ1v) is 7.74. The zero-order valence-corrected chi connectivity index (χ0v) is 12.2. The van der Waals surface area contributed by atoms with E-state index >= 15 is 0 Å². The maximum atomic E-state index is 12.5. The molecule has 1 saturated heterocycles. The van der Waals surface area contributed by atoms with Crippen molar-refractivity contribution in [2.24, 2.45) is 0 Å². The predicted molar refractivity (Wildman–Crippen MR) is 75.4 cm³/mol. The quantitative estimate of drug-likeness (QED) is 0.872. The Morgan fingerprint density at radius 3 is 3.15 bits per heavy atom. The Hall–Kier alpha value is -1.69. The van der Waals surface area contributed by atoms with Crippen molar-refractivity contribution in [3.63, 3.8) is 0 Å². The molecule has 1 fully saturated rings. The third-order valence-corrected chi connectivity index (χ3v) is 4.43. The molecule has 0 bridgehead atoms.